The van der Waals surface area contributed by atoms with Crippen LogP contribution >= 0.6 is 0 Å². The second kappa shape index (κ2) is 4.46. The smallest absolute Gasteiger partial charge is 0.156 e. The van der Waals surface area contributed by atoms with E-state index in [2.05, 4.69) is 38.2 Å². The molecule has 0 rings (SSSR count). The highest BCUT2D eigenvalue weighted by molar-refractivity contribution is 5.84. The van der Waals surface area contributed by atoms with Crippen molar-refractivity contribution in [1.82, 2.24) is 5.32 Å². The van der Waals surface area contributed by atoms with E-state index in [0.717, 1.165) is 0 Å². The lowest BCUT2D eigenvalue weighted by molar-refractivity contribution is 0.276. The number of rotatable bonds is 3. The summed E-state index contributed by atoms with van der Waals surface area (Å²) < 4.78 is 0. The third-order valence-corrected chi connectivity index (χ3v) is 2.36. The highest BCUT2D eigenvalue weighted by atomic mass is 16.4. The van der Waals surface area contributed by atoms with Gasteiger partial charge in [0.2, 0.25) is 0 Å². The third kappa shape index (κ3) is 4.12. The van der Waals surface area contributed by atoms with Crippen LogP contribution in [0.3, 0.4) is 0 Å². The predicted molar refractivity (Wildman–Crippen MR) is 54.9 cm³/mol. The van der Waals surface area contributed by atoms with E-state index in [1.54, 1.807) is 0 Å². The van der Waals surface area contributed by atoms with Gasteiger partial charge in [-0.25, -0.2) is 0 Å². The minimum atomic E-state index is -0.0979. The van der Waals surface area contributed by atoms with Crippen molar-refractivity contribution in [2.24, 2.45) is 16.3 Å². The van der Waals surface area contributed by atoms with Crippen LogP contribution in [-0.2, 0) is 0 Å². The van der Waals surface area contributed by atoms with Crippen LogP contribution < -0.4 is 11.1 Å². The summed E-state index contributed by atoms with van der Waals surface area (Å²) in [5.74, 6) is 0.219. The highest BCUT2D eigenvalue weighted by Crippen LogP contribution is 2.18. The summed E-state index contributed by atoms with van der Waals surface area (Å²) in [7, 11) is 0. The highest BCUT2D eigenvalue weighted by Gasteiger charge is 2.22. The van der Waals surface area contributed by atoms with Gasteiger partial charge in [0.15, 0.2) is 5.84 Å². The lowest BCUT2D eigenvalue weighted by Gasteiger charge is -2.30. The Morgan fingerprint density at radius 2 is 1.85 bits per heavy atom. The van der Waals surface area contributed by atoms with E-state index in [9.17, 15) is 0 Å². The molecule has 0 amide bonds. The normalized spacial score (nSPS) is 18.4. The molecule has 0 saturated carbocycles. The molecular formula is C9H21N3O. The van der Waals surface area contributed by atoms with Gasteiger partial charge >= 0.3 is 0 Å². The molecule has 0 heterocycles. The molecule has 4 heteroatoms. The first kappa shape index (κ1) is 12.2. The van der Waals surface area contributed by atoms with Crippen molar-refractivity contribution in [3.8, 4) is 0 Å². The molecule has 78 valence electrons. The maximum Gasteiger partial charge on any atom is 0.156 e. The first-order valence-electron chi connectivity index (χ1n) is 4.52. The van der Waals surface area contributed by atoms with Gasteiger partial charge in [-0.2, -0.15) is 0 Å². The summed E-state index contributed by atoms with van der Waals surface area (Å²) in [4.78, 5) is 0. The summed E-state index contributed by atoms with van der Waals surface area (Å²) in [5.41, 5.74) is 5.62. The van der Waals surface area contributed by atoms with Gasteiger partial charge in [0.05, 0.1) is 6.04 Å². The van der Waals surface area contributed by atoms with E-state index >= 15 is 0 Å². The minimum Gasteiger partial charge on any atom is -0.409 e. The molecule has 0 aromatic heterocycles. The molecule has 0 radical (unpaired) electrons. The van der Waals surface area contributed by atoms with Crippen LogP contribution in [0.15, 0.2) is 5.16 Å². The quantitative estimate of drug-likeness (QED) is 0.268. The Morgan fingerprint density at radius 3 is 2.15 bits per heavy atom. The molecule has 0 saturated heterocycles. The van der Waals surface area contributed by atoms with Crippen molar-refractivity contribution in [3.63, 3.8) is 0 Å². The second-order valence-corrected chi connectivity index (χ2v) is 4.50. The number of nitrogens with zero attached hydrogens (tertiary/aromatic N) is 1. The maximum atomic E-state index is 8.44. The lowest BCUT2D eigenvalue weighted by Crippen LogP contribution is -2.48. The molecule has 13 heavy (non-hydrogen) atoms. The molecule has 2 unspecified atom stereocenters. The van der Waals surface area contributed by atoms with E-state index < -0.39 is 0 Å². The van der Waals surface area contributed by atoms with Gasteiger partial charge < -0.3 is 16.3 Å². The first-order valence-corrected chi connectivity index (χ1v) is 4.52. The Bertz CT molecular complexity index is 184. The molecule has 0 aromatic rings. The van der Waals surface area contributed by atoms with Crippen molar-refractivity contribution >= 4 is 5.84 Å². The molecule has 4 nitrogen and oxygen atoms in total. The van der Waals surface area contributed by atoms with Gasteiger partial charge in [-0.1, -0.05) is 25.9 Å². The van der Waals surface area contributed by atoms with Gasteiger partial charge in [-0.15, -0.1) is 0 Å². The van der Waals surface area contributed by atoms with Crippen molar-refractivity contribution in [1.29, 1.82) is 0 Å². The molecule has 0 aliphatic rings. The van der Waals surface area contributed by atoms with Crippen LogP contribution in [0.1, 0.15) is 34.6 Å². The van der Waals surface area contributed by atoms with Gasteiger partial charge in [0, 0.05) is 6.04 Å². The molecule has 0 spiro atoms. The summed E-state index contributed by atoms with van der Waals surface area (Å²) in [6.07, 6.45) is 0. The summed E-state index contributed by atoms with van der Waals surface area (Å²) >= 11 is 0. The zero-order valence-corrected chi connectivity index (χ0v) is 9.13. The van der Waals surface area contributed by atoms with E-state index in [0.29, 0.717) is 6.04 Å². The Labute approximate surface area is 80.2 Å². The summed E-state index contributed by atoms with van der Waals surface area (Å²) in [6.45, 7) is 10.4. The van der Waals surface area contributed by atoms with Crippen LogP contribution in [0.2, 0.25) is 0 Å². The topological polar surface area (TPSA) is 70.6 Å². The SMILES string of the molecule is CC(NC(C)C(C)(C)C)C(N)=NO. The van der Waals surface area contributed by atoms with Gasteiger partial charge in [0.25, 0.3) is 0 Å². The predicted octanol–water partition coefficient (Wildman–Crippen LogP) is 1.15. The van der Waals surface area contributed by atoms with Crippen LogP contribution in [0, 0.1) is 5.41 Å². The molecule has 0 aliphatic heterocycles. The summed E-state index contributed by atoms with van der Waals surface area (Å²) in [6, 6.07) is 0.210. The molecule has 0 aliphatic carbocycles. The van der Waals surface area contributed by atoms with Crippen LogP contribution in [0.25, 0.3) is 0 Å². The maximum absolute atomic E-state index is 8.44. The third-order valence-electron chi connectivity index (χ3n) is 2.36. The van der Waals surface area contributed by atoms with E-state index in [1.165, 1.54) is 0 Å². The largest absolute Gasteiger partial charge is 0.409 e. The van der Waals surface area contributed by atoms with E-state index in [-0.39, 0.29) is 17.3 Å². The van der Waals surface area contributed by atoms with Crippen LogP contribution in [-0.4, -0.2) is 23.1 Å². The molecule has 0 aromatic carbocycles. The Morgan fingerprint density at radius 1 is 1.38 bits per heavy atom. The van der Waals surface area contributed by atoms with E-state index in [4.69, 9.17) is 10.9 Å². The number of nitrogens with one attached hydrogen (secondary N) is 1. The van der Waals surface area contributed by atoms with Crippen molar-refractivity contribution in [3.05, 3.63) is 0 Å². The second-order valence-electron chi connectivity index (χ2n) is 4.50. The van der Waals surface area contributed by atoms with Gasteiger partial charge in [-0.05, 0) is 19.3 Å². The van der Waals surface area contributed by atoms with Crippen molar-refractivity contribution in [2.45, 2.75) is 46.7 Å². The molecule has 4 N–H and O–H groups in total. The zero-order chi connectivity index (χ0) is 10.6. The van der Waals surface area contributed by atoms with Crippen LogP contribution in [0.5, 0.6) is 0 Å². The fraction of sp³-hybridized carbons (Fsp3) is 0.889. The van der Waals surface area contributed by atoms with Gasteiger partial charge in [0.1, 0.15) is 0 Å². The number of nitrogens with two attached hydrogens (primary N) is 1. The minimum absolute atomic E-state index is 0.0979. The monoisotopic (exact) mass is 187 g/mol. The standard InChI is InChI=1S/C9H21N3O/c1-6(8(10)12-13)11-7(2)9(3,4)5/h6-7,11,13H,1-5H3,(H2,10,12). The fourth-order valence-corrected chi connectivity index (χ4v) is 0.797. The molecule has 0 bridgehead atoms. The zero-order valence-electron chi connectivity index (χ0n) is 9.13. The molecule has 2 atom stereocenters. The molecular weight excluding hydrogens is 166 g/mol. The number of hydrogen-bond donors (Lipinski definition) is 3. The Balaban J connectivity index is 4.14. The van der Waals surface area contributed by atoms with Gasteiger partial charge in [-0.3, -0.25) is 0 Å². The Kier molecular flexibility index (Phi) is 4.20. The average Bonchev–Trinajstić information content (AvgIpc) is 2.01. The summed E-state index contributed by atoms with van der Waals surface area (Å²) in [5, 5.41) is 14.7. The number of oxime groups is 1. The Hall–Kier alpha value is -0.770. The fourth-order valence-electron chi connectivity index (χ4n) is 0.797. The van der Waals surface area contributed by atoms with E-state index in [1.807, 2.05) is 6.92 Å². The number of amidine groups is 1. The van der Waals surface area contributed by atoms with Crippen LogP contribution in [0.4, 0.5) is 0 Å². The lowest BCUT2D eigenvalue weighted by atomic mass is 9.87. The van der Waals surface area contributed by atoms with Crippen molar-refractivity contribution < 1.29 is 5.21 Å². The first-order chi connectivity index (χ1) is 5.79. The average molecular weight is 187 g/mol. The van der Waals surface area contributed by atoms with Crippen molar-refractivity contribution in [2.75, 3.05) is 0 Å². The molecule has 0 fully saturated rings. The number of hydrogen-bond acceptors (Lipinski definition) is 3.